The molecule has 0 aromatic heterocycles. The summed E-state index contributed by atoms with van der Waals surface area (Å²) in [7, 11) is 0. The fourth-order valence-corrected chi connectivity index (χ4v) is 2.85. The van der Waals surface area contributed by atoms with E-state index in [1.807, 2.05) is 12.1 Å². The first-order valence-electron chi connectivity index (χ1n) is 7.29. The van der Waals surface area contributed by atoms with Gasteiger partial charge in [0, 0.05) is 13.1 Å². The van der Waals surface area contributed by atoms with Crippen LogP contribution in [0.15, 0.2) is 42.5 Å². The molecule has 1 saturated heterocycles. The third kappa shape index (κ3) is 3.23. The minimum absolute atomic E-state index is 0.000997. The van der Waals surface area contributed by atoms with E-state index >= 15 is 0 Å². The molecule has 2 aromatic rings. The summed E-state index contributed by atoms with van der Waals surface area (Å²) in [5.41, 5.74) is 1.25. The van der Waals surface area contributed by atoms with Crippen molar-refractivity contribution in [2.24, 2.45) is 0 Å². The summed E-state index contributed by atoms with van der Waals surface area (Å²) in [4.78, 5) is 10.8. The van der Waals surface area contributed by atoms with Gasteiger partial charge < -0.3 is 15.2 Å². The highest BCUT2D eigenvalue weighted by atomic mass is 16.5. The molecule has 2 aromatic carbocycles. The first kappa shape index (κ1) is 14.0. The molecule has 4 heteroatoms. The van der Waals surface area contributed by atoms with Gasteiger partial charge in [-0.05, 0) is 29.2 Å². The topological polar surface area (TPSA) is 58.6 Å². The van der Waals surface area contributed by atoms with E-state index in [9.17, 15) is 4.79 Å². The molecule has 2 atom stereocenters. The second-order valence-corrected chi connectivity index (χ2v) is 5.43. The van der Waals surface area contributed by atoms with Crippen LogP contribution in [0.3, 0.4) is 0 Å². The SMILES string of the molecule is O=C(O)C1CCC(CNCc2cccc3ccccc23)O1. The van der Waals surface area contributed by atoms with Crippen LogP contribution in [-0.2, 0) is 16.1 Å². The highest BCUT2D eigenvalue weighted by Gasteiger charge is 2.29. The zero-order valence-electron chi connectivity index (χ0n) is 11.8. The maximum atomic E-state index is 10.8. The molecule has 110 valence electrons. The summed E-state index contributed by atoms with van der Waals surface area (Å²) in [6.45, 7) is 1.45. The molecule has 4 nitrogen and oxygen atoms in total. The van der Waals surface area contributed by atoms with Gasteiger partial charge in [0.25, 0.3) is 0 Å². The number of carboxylic acids is 1. The van der Waals surface area contributed by atoms with Crippen molar-refractivity contribution in [2.75, 3.05) is 6.54 Å². The van der Waals surface area contributed by atoms with Gasteiger partial charge in [-0.15, -0.1) is 0 Å². The first-order chi connectivity index (χ1) is 10.2. The van der Waals surface area contributed by atoms with Crippen molar-refractivity contribution in [3.8, 4) is 0 Å². The van der Waals surface area contributed by atoms with Gasteiger partial charge in [0.15, 0.2) is 6.10 Å². The lowest BCUT2D eigenvalue weighted by Crippen LogP contribution is -2.28. The molecule has 0 radical (unpaired) electrons. The molecule has 21 heavy (non-hydrogen) atoms. The molecule has 0 saturated carbocycles. The Kier molecular flexibility index (Phi) is 4.18. The Hall–Kier alpha value is -1.91. The number of fused-ring (bicyclic) bond motifs is 1. The molecule has 1 aliphatic heterocycles. The quantitative estimate of drug-likeness (QED) is 0.886. The molecular formula is C17H19NO3. The smallest absolute Gasteiger partial charge is 0.332 e. The first-order valence-corrected chi connectivity index (χ1v) is 7.29. The van der Waals surface area contributed by atoms with Crippen molar-refractivity contribution in [2.45, 2.75) is 31.6 Å². The van der Waals surface area contributed by atoms with Crippen LogP contribution in [0.4, 0.5) is 0 Å². The summed E-state index contributed by atoms with van der Waals surface area (Å²) in [5, 5.41) is 14.8. The van der Waals surface area contributed by atoms with E-state index in [2.05, 4.69) is 35.6 Å². The minimum atomic E-state index is -0.855. The van der Waals surface area contributed by atoms with Gasteiger partial charge >= 0.3 is 5.97 Å². The lowest BCUT2D eigenvalue weighted by Gasteiger charge is -2.13. The number of rotatable bonds is 5. The largest absolute Gasteiger partial charge is 0.479 e. The highest BCUT2D eigenvalue weighted by Crippen LogP contribution is 2.20. The summed E-state index contributed by atoms with van der Waals surface area (Å²) in [5.74, 6) is -0.855. The molecular weight excluding hydrogens is 266 g/mol. The van der Waals surface area contributed by atoms with Crippen LogP contribution in [0.25, 0.3) is 10.8 Å². The molecule has 0 aliphatic carbocycles. The van der Waals surface area contributed by atoms with E-state index in [0.29, 0.717) is 13.0 Å². The molecule has 2 N–H and O–H groups in total. The predicted octanol–water partition coefficient (Wildman–Crippen LogP) is 2.56. The number of nitrogens with one attached hydrogen (secondary N) is 1. The average Bonchev–Trinajstić information content (AvgIpc) is 2.97. The molecule has 1 aliphatic rings. The lowest BCUT2D eigenvalue weighted by molar-refractivity contribution is -0.149. The monoisotopic (exact) mass is 285 g/mol. The number of ether oxygens (including phenoxy) is 1. The normalized spacial score (nSPS) is 21.7. The van der Waals surface area contributed by atoms with Gasteiger partial charge in [-0.25, -0.2) is 4.79 Å². The summed E-state index contributed by atoms with van der Waals surface area (Å²) < 4.78 is 5.49. The third-order valence-corrected chi connectivity index (χ3v) is 3.95. The molecule has 1 heterocycles. The zero-order valence-corrected chi connectivity index (χ0v) is 11.8. The zero-order chi connectivity index (χ0) is 14.7. The van der Waals surface area contributed by atoms with E-state index in [4.69, 9.17) is 9.84 Å². The van der Waals surface area contributed by atoms with Gasteiger partial charge in [-0.1, -0.05) is 42.5 Å². The third-order valence-electron chi connectivity index (χ3n) is 3.95. The Morgan fingerprint density at radius 3 is 2.81 bits per heavy atom. The number of carbonyl (C=O) groups is 1. The molecule has 3 rings (SSSR count). The Labute approximate surface area is 123 Å². The van der Waals surface area contributed by atoms with Crippen LogP contribution in [0.2, 0.25) is 0 Å². The van der Waals surface area contributed by atoms with E-state index in [1.165, 1.54) is 16.3 Å². The van der Waals surface area contributed by atoms with Gasteiger partial charge in [0.05, 0.1) is 6.10 Å². The number of hydrogen-bond donors (Lipinski definition) is 2. The average molecular weight is 285 g/mol. The highest BCUT2D eigenvalue weighted by molar-refractivity contribution is 5.85. The van der Waals surface area contributed by atoms with E-state index in [-0.39, 0.29) is 6.10 Å². The Morgan fingerprint density at radius 2 is 2.00 bits per heavy atom. The number of hydrogen-bond acceptors (Lipinski definition) is 3. The summed E-state index contributed by atoms with van der Waals surface area (Å²) in [6.07, 6.45) is 0.783. The summed E-state index contributed by atoms with van der Waals surface area (Å²) >= 11 is 0. The second-order valence-electron chi connectivity index (χ2n) is 5.43. The van der Waals surface area contributed by atoms with Gasteiger partial charge in [0.2, 0.25) is 0 Å². The fraction of sp³-hybridized carbons (Fsp3) is 0.353. The van der Waals surface area contributed by atoms with Gasteiger partial charge in [-0.2, -0.15) is 0 Å². The van der Waals surface area contributed by atoms with Crippen LogP contribution in [0, 0.1) is 0 Å². The van der Waals surface area contributed by atoms with Crippen molar-refractivity contribution in [1.29, 1.82) is 0 Å². The standard InChI is InChI=1S/C17H19NO3/c19-17(20)16-9-8-14(21-16)11-18-10-13-6-3-5-12-4-1-2-7-15(12)13/h1-7,14,16,18H,8-11H2,(H,19,20). The van der Waals surface area contributed by atoms with Crippen LogP contribution < -0.4 is 5.32 Å². The maximum absolute atomic E-state index is 10.8. The van der Waals surface area contributed by atoms with Gasteiger partial charge in [0.1, 0.15) is 0 Å². The van der Waals surface area contributed by atoms with Gasteiger partial charge in [-0.3, -0.25) is 0 Å². The molecule has 0 amide bonds. The molecule has 0 bridgehead atoms. The van der Waals surface area contributed by atoms with Crippen LogP contribution in [0.5, 0.6) is 0 Å². The van der Waals surface area contributed by atoms with E-state index < -0.39 is 12.1 Å². The summed E-state index contributed by atoms with van der Waals surface area (Å²) in [6, 6.07) is 14.6. The Bertz CT molecular complexity index is 635. The number of carboxylic acid groups (broad SMARTS) is 1. The Balaban J connectivity index is 1.57. The number of benzene rings is 2. The van der Waals surface area contributed by atoms with E-state index in [0.717, 1.165) is 13.0 Å². The van der Waals surface area contributed by atoms with Crippen molar-refractivity contribution in [3.63, 3.8) is 0 Å². The van der Waals surface area contributed by atoms with Crippen molar-refractivity contribution in [1.82, 2.24) is 5.32 Å². The predicted molar refractivity (Wildman–Crippen MR) is 81.2 cm³/mol. The number of aliphatic carboxylic acids is 1. The van der Waals surface area contributed by atoms with Crippen molar-refractivity contribution in [3.05, 3.63) is 48.0 Å². The van der Waals surface area contributed by atoms with Crippen LogP contribution in [-0.4, -0.2) is 29.8 Å². The minimum Gasteiger partial charge on any atom is -0.479 e. The molecule has 2 unspecified atom stereocenters. The lowest BCUT2D eigenvalue weighted by atomic mass is 10.0. The van der Waals surface area contributed by atoms with E-state index in [1.54, 1.807) is 0 Å². The maximum Gasteiger partial charge on any atom is 0.332 e. The Morgan fingerprint density at radius 1 is 1.19 bits per heavy atom. The van der Waals surface area contributed by atoms with Crippen LogP contribution in [0.1, 0.15) is 18.4 Å². The van der Waals surface area contributed by atoms with Crippen molar-refractivity contribution < 1.29 is 14.6 Å². The molecule has 0 spiro atoms. The molecule has 1 fully saturated rings. The van der Waals surface area contributed by atoms with Crippen LogP contribution >= 0.6 is 0 Å². The second kappa shape index (κ2) is 6.24. The fourth-order valence-electron chi connectivity index (χ4n) is 2.85. The van der Waals surface area contributed by atoms with Crippen molar-refractivity contribution >= 4 is 16.7 Å².